The van der Waals surface area contributed by atoms with Crippen molar-refractivity contribution in [1.82, 2.24) is 15.6 Å². The van der Waals surface area contributed by atoms with Crippen molar-refractivity contribution in [3.05, 3.63) is 70.3 Å². The van der Waals surface area contributed by atoms with Crippen LogP contribution in [0, 0.1) is 0 Å². The molecule has 0 aliphatic carbocycles. The molecule has 1 heterocycles. The molecule has 0 saturated carbocycles. The molecular formula is C18H15BrN4O2. The third kappa shape index (κ3) is 4.13. The number of nitrogens with zero attached hydrogens (tertiary/aromatic N) is 2. The number of carbonyl (C=O) groups is 1. The minimum Gasteiger partial charge on any atom is -0.496 e. The average molecular weight is 399 g/mol. The molecule has 1 aromatic heterocycles. The van der Waals surface area contributed by atoms with Crippen LogP contribution >= 0.6 is 15.9 Å². The Kier molecular flexibility index (Phi) is 5.25. The first-order valence-corrected chi connectivity index (χ1v) is 8.24. The van der Waals surface area contributed by atoms with Gasteiger partial charge in [-0.2, -0.15) is 10.2 Å². The molecule has 0 unspecified atom stereocenters. The van der Waals surface area contributed by atoms with E-state index in [1.54, 1.807) is 13.2 Å². The minimum atomic E-state index is -0.375. The van der Waals surface area contributed by atoms with Crippen LogP contribution in [0.3, 0.4) is 0 Å². The molecule has 0 saturated heterocycles. The first-order chi connectivity index (χ1) is 12.2. The number of halogens is 1. The van der Waals surface area contributed by atoms with Crippen molar-refractivity contribution >= 4 is 28.1 Å². The molecule has 3 rings (SSSR count). The molecule has 3 aromatic rings. The lowest BCUT2D eigenvalue weighted by atomic mass is 10.1. The maximum absolute atomic E-state index is 12.2. The van der Waals surface area contributed by atoms with Crippen LogP contribution in [0.1, 0.15) is 16.1 Å². The predicted octanol–water partition coefficient (Wildman–Crippen LogP) is 3.61. The normalized spacial score (nSPS) is 10.8. The second-order valence-electron chi connectivity index (χ2n) is 5.12. The largest absolute Gasteiger partial charge is 0.496 e. The highest BCUT2D eigenvalue weighted by Gasteiger charge is 2.10. The Hall–Kier alpha value is -2.93. The van der Waals surface area contributed by atoms with Gasteiger partial charge in [0.1, 0.15) is 11.4 Å². The molecule has 25 heavy (non-hydrogen) atoms. The summed E-state index contributed by atoms with van der Waals surface area (Å²) in [6, 6.07) is 16.8. The fraction of sp³-hybridized carbons (Fsp3) is 0.0556. The number of aromatic nitrogens is 2. The van der Waals surface area contributed by atoms with E-state index >= 15 is 0 Å². The number of hydrazone groups is 1. The average Bonchev–Trinajstić information content (AvgIpc) is 3.13. The quantitative estimate of drug-likeness (QED) is 0.508. The molecule has 0 radical (unpaired) electrons. The zero-order valence-electron chi connectivity index (χ0n) is 13.4. The van der Waals surface area contributed by atoms with Gasteiger partial charge in [0.2, 0.25) is 0 Å². The maximum Gasteiger partial charge on any atom is 0.289 e. The summed E-state index contributed by atoms with van der Waals surface area (Å²) in [4.78, 5) is 12.2. The van der Waals surface area contributed by atoms with Crippen molar-refractivity contribution in [3.8, 4) is 17.0 Å². The van der Waals surface area contributed by atoms with Crippen molar-refractivity contribution in [3.63, 3.8) is 0 Å². The van der Waals surface area contributed by atoms with Crippen LogP contribution in [0.25, 0.3) is 11.3 Å². The van der Waals surface area contributed by atoms with E-state index in [9.17, 15) is 4.79 Å². The van der Waals surface area contributed by atoms with E-state index in [1.807, 2.05) is 48.5 Å². The van der Waals surface area contributed by atoms with Gasteiger partial charge in [-0.15, -0.1) is 0 Å². The van der Waals surface area contributed by atoms with Crippen LogP contribution < -0.4 is 10.2 Å². The summed E-state index contributed by atoms with van der Waals surface area (Å²) in [5.74, 6) is 0.286. The number of rotatable bonds is 5. The Labute approximate surface area is 153 Å². The second kappa shape index (κ2) is 7.76. The number of amides is 1. The smallest absolute Gasteiger partial charge is 0.289 e. The van der Waals surface area contributed by atoms with E-state index in [4.69, 9.17) is 4.74 Å². The zero-order chi connectivity index (χ0) is 17.6. The van der Waals surface area contributed by atoms with Gasteiger partial charge >= 0.3 is 0 Å². The molecule has 0 fully saturated rings. The lowest BCUT2D eigenvalue weighted by molar-refractivity contribution is 0.0950. The summed E-state index contributed by atoms with van der Waals surface area (Å²) in [5.41, 5.74) is 5.17. The predicted molar refractivity (Wildman–Crippen MR) is 99.8 cm³/mol. The topological polar surface area (TPSA) is 79.4 Å². The molecule has 0 atom stereocenters. The second-order valence-corrected chi connectivity index (χ2v) is 6.03. The Balaban J connectivity index is 1.69. The summed E-state index contributed by atoms with van der Waals surface area (Å²) >= 11 is 3.39. The van der Waals surface area contributed by atoms with Gasteiger partial charge in [0, 0.05) is 15.6 Å². The number of hydrogen-bond acceptors (Lipinski definition) is 4. The van der Waals surface area contributed by atoms with E-state index in [0.717, 1.165) is 15.6 Å². The molecule has 7 heteroatoms. The lowest BCUT2D eigenvalue weighted by Gasteiger charge is -2.04. The molecule has 126 valence electrons. The molecule has 0 aliphatic rings. The van der Waals surface area contributed by atoms with Crippen molar-refractivity contribution < 1.29 is 9.53 Å². The molecule has 0 bridgehead atoms. The number of methoxy groups -OCH3 is 1. The Morgan fingerprint density at radius 1 is 1.24 bits per heavy atom. The molecule has 2 N–H and O–H groups in total. The van der Waals surface area contributed by atoms with Crippen molar-refractivity contribution in [2.24, 2.45) is 5.10 Å². The molecule has 6 nitrogen and oxygen atoms in total. The highest BCUT2D eigenvalue weighted by molar-refractivity contribution is 9.10. The number of H-pyrrole nitrogens is 1. The van der Waals surface area contributed by atoms with Gasteiger partial charge < -0.3 is 4.74 Å². The molecule has 1 amide bonds. The Morgan fingerprint density at radius 3 is 2.80 bits per heavy atom. The fourth-order valence-corrected chi connectivity index (χ4v) is 2.60. The Bertz CT molecular complexity index is 906. The van der Waals surface area contributed by atoms with Gasteiger partial charge in [-0.1, -0.05) is 46.3 Å². The first kappa shape index (κ1) is 16.9. The highest BCUT2D eigenvalue weighted by atomic mass is 79.9. The summed E-state index contributed by atoms with van der Waals surface area (Å²) < 4.78 is 6.14. The number of nitrogens with one attached hydrogen (secondary N) is 2. The van der Waals surface area contributed by atoms with Crippen LogP contribution in [-0.4, -0.2) is 29.4 Å². The standard InChI is InChI=1S/C18H15BrN4O2/c1-25-17-8-7-14(19)9-13(17)11-20-23-18(24)16-10-15(21-22-16)12-5-3-2-4-6-12/h2-11H,1H3,(H,21,22)(H,23,24). The number of carbonyl (C=O) groups excluding carboxylic acids is 1. The number of ether oxygens (including phenoxy) is 1. The minimum absolute atomic E-state index is 0.331. The zero-order valence-corrected chi connectivity index (χ0v) is 14.9. The molecule has 0 spiro atoms. The van der Waals surface area contributed by atoms with E-state index in [2.05, 4.69) is 36.7 Å². The SMILES string of the molecule is COc1ccc(Br)cc1C=NNC(=O)c1cc(-c2ccccc2)n[nH]1. The third-order valence-electron chi connectivity index (χ3n) is 3.45. The molecular weight excluding hydrogens is 384 g/mol. The number of benzene rings is 2. The number of hydrogen-bond donors (Lipinski definition) is 2. The van der Waals surface area contributed by atoms with Crippen LogP contribution in [0.15, 0.2) is 64.2 Å². The fourth-order valence-electron chi connectivity index (χ4n) is 2.22. The Morgan fingerprint density at radius 2 is 2.04 bits per heavy atom. The van der Waals surface area contributed by atoms with Crippen LogP contribution in [0.4, 0.5) is 0 Å². The van der Waals surface area contributed by atoms with Crippen molar-refractivity contribution in [1.29, 1.82) is 0 Å². The first-order valence-electron chi connectivity index (χ1n) is 7.45. The summed E-state index contributed by atoms with van der Waals surface area (Å²) in [5, 5.41) is 10.8. The summed E-state index contributed by atoms with van der Waals surface area (Å²) in [6.45, 7) is 0. The van der Waals surface area contributed by atoms with Gasteiger partial charge in [0.25, 0.3) is 5.91 Å². The van der Waals surface area contributed by atoms with E-state index in [0.29, 0.717) is 17.1 Å². The number of aromatic amines is 1. The van der Waals surface area contributed by atoms with Crippen LogP contribution in [0.5, 0.6) is 5.75 Å². The maximum atomic E-state index is 12.2. The van der Waals surface area contributed by atoms with Crippen LogP contribution in [-0.2, 0) is 0 Å². The van der Waals surface area contributed by atoms with Gasteiger partial charge in [0.05, 0.1) is 19.0 Å². The molecule has 2 aromatic carbocycles. The monoisotopic (exact) mass is 398 g/mol. The molecule has 0 aliphatic heterocycles. The highest BCUT2D eigenvalue weighted by Crippen LogP contribution is 2.21. The van der Waals surface area contributed by atoms with Gasteiger partial charge in [0.15, 0.2) is 0 Å². The van der Waals surface area contributed by atoms with E-state index < -0.39 is 0 Å². The van der Waals surface area contributed by atoms with Gasteiger partial charge in [-0.25, -0.2) is 5.43 Å². The van der Waals surface area contributed by atoms with Gasteiger partial charge in [-0.05, 0) is 24.3 Å². The van der Waals surface area contributed by atoms with Crippen molar-refractivity contribution in [2.45, 2.75) is 0 Å². The van der Waals surface area contributed by atoms with Gasteiger partial charge in [-0.3, -0.25) is 9.89 Å². The lowest BCUT2D eigenvalue weighted by Crippen LogP contribution is -2.18. The van der Waals surface area contributed by atoms with E-state index in [-0.39, 0.29) is 5.91 Å². The van der Waals surface area contributed by atoms with Crippen molar-refractivity contribution in [2.75, 3.05) is 7.11 Å². The summed E-state index contributed by atoms with van der Waals surface area (Å²) in [7, 11) is 1.58. The summed E-state index contributed by atoms with van der Waals surface area (Å²) in [6.07, 6.45) is 1.52. The third-order valence-corrected chi connectivity index (χ3v) is 3.95. The van der Waals surface area contributed by atoms with E-state index in [1.165, 1.54) is 6.21 Å². The van der Waals surface area contributed by atoms with Crippen LogP contribution in [0.2, 0.25) is 0 Å².